The zero-order valence-electron chi connectivity index (χ0n) is 11.6. The van der Waals surface area contributed by atoms with Crippen LogP contribution in [0.25, 0.3) is 0 Å². The molecule has 110 valence electrons. The van der Waals surface area contributed by atoms with Crippen LogP contribution in [0.5, 0.6) is 0 Å². The van der Waals surface area contributed by atoms with E-state index in [2.05, 4.69) is 15.4 Å². The highest BCUT2D eigenvalue weighted by Crippen LogP contribution is 2.11. The van der Waals surface area contributed by atoms with Gasteiger partial charge in [0.1, 0.15) is 0 Å². The maximum Gasteiger partial charge on any atom is 0.337 e. The Morgan fingerprint density at radius 3 is 2.81 bits per heavy atom. The van der Waals surface area contributed by atoms with Gasteiger partial charge in [0.2, 0.25) is 5.91 Å². The van der Waals surface area contributed by atoms with Crippen LogP contribution in [0.2, 0.25) is 0 Å². The van der Waals surface area contributed by atoms with Crippen LogP contribution in [0.15, 0.2) is 41.8 Å². The molecule has 0 saturated heterocycles. The van der Waals surface area contributed by atoms with Crippen molar-refractivity contribution in [2.24, 2.45) is 0 Å². The smallest absolute Gasteiger partial charge is 0.337 e. The van der Waals surface area contributed by atoms with Crippen molar-refractivity contribution >= 4 is 28.9 Å². The summed E-state index contributed by atoms with van der Waals surface area (Å²) < 4.78 is 4.65. The Kier molecular flexibility index (Phi) is 5.34. The van der Waals surface area contributed by atoms with Gasteiger partial charge in [0, 0.05) is 10.6 Å². The Bertz CT molecular complexity index is 611. The number of anilines is 1. The number of benzene rings is 1. The number of carbonyl (C=O) groups is 2. The molecule has 1 aromatic heterocycles. The zero-order chi connectivity index (χ0) is 15.1. The third-order valence-electron chi connectivity index (χ3n) is 2.78. The fourth-order valence-electron chi connectivity index (χ4n) is 1.72. The highest BCUT2D eigenvalue weighted by Gasteiger charge is 2.06. The summed E-state index contributed by atoms with van der Waals surface area (Å²) in [4.78, 5) is 24.2. The van der Waals surface area contributed by atoms with Crippen molar-refractivity contribution in [3.8, 4) is 0 Å². The third kappa shape index (κ3) is 4.61. The van der Waals surface area contributed by atoms with E-state index in [0.717, 1.165) is 4.88 Å². The van der Waals surface area contributed by atoms with Crippen LogP contribution in [0.4, 0.5) is 5.69 Å². The Balaban J connectivity index is 1.82. The van der Waals surface area contributed by atoms with Gasteiger partial charge in [-0.25, -0.2) is 4.79 Å². The van der Waals surface area contributed by atoms with Gasteiger partial charge in [0.15, 0.2) is 0 Å². The van der Waals surface area contributed by atoms with E-state index in [1.54, 1.807) is 35.6 Å². The quantitative estimate of drug-likeness (QED) is 0.803. The molecular formula is C15H16N2O3S. The van der Waals surface area contributed by atoms with Gasteiger partial charge in [0.25, 0.3) is 0 Å². The molecule has 0 bridgehead atoms. The predicted molar refractivity (Wildman–Crippen MR) is 82.4 cm³/mol. The average molecular weight is 304 g/mol. The topological polar surface area (TPSA) is 67.4 Å². The number of amides is 1. The number of ether oxygens (including phenoxy) is 1. The van der Waals surface area contributed by atoms with Crippen molar-refractivity contribution in [2.45, 2.75) is 6.54 Å². The van der Waals surface area contributed by atoms with Crippen molar-refractivity contribution < 1.29 is 14.3 Å². The van der Waals surface area contributed by atoms with Gasteiger partial charge in [-0.3, -0.25) is 4.79 Å². The van der Waals surface area contributed by atoms with Crippen molar-refractivity contribution in [1.29, 1.82) is 0 Å². The van der Waals surface area contributed by atoms with E-state index in [1.165, 1.54) is 7.11 Å². The largest absolute Gasteiger partial charge is 0.465 e. The third-order valence-corrected chi connectivity index (χ3v) is 3.65. The van der Waals surface area contributed by atoms with Crippen molar-refractivity contribution in [3.63, 3.8) is 0 Å². The molecule has 1 aromatic carbocycles. The Labute approximate surface area is 126 Å². The second kappa shape index (κ2) is 7.44. The molecule has 0 fully saturated rings. The molecule has 5 nitrogen and oxygen atoms in total. The predicted octanol–water partition coefficient (Wildman–Crippen LogP) is 2.26. The lowest BCUT2D eigenvalue weighted by atomic mass is 10.2. The molecule has 1 amide bonds. The van der Waals surface area contributed by atoms with E-state index in [4.69, 9.17) is 0 Å². The molecule has 0 radical (unpaired) electrons. The summed E-state index contributed by atoms with van der Waals surface area (Å²) >= 11 is 1.60. The lowest BCUT2D eigenvalue weighted by Crippen LogP contribution is -2.29. The molecule has 0 saturated carbocycles. The Morgan fingerprint density at radius 1 is 1.24 bits per heavy atom. The molecule has 0 aliphatic rings. The summed E-state index contributed by atoms with van der Waals surface area (Å²) in [6.07, 6.45) is 0. The second-order valence-electron chi connectivity index (χ2n) is 4.28. The fourth-order valence-corrected chi connectivity index (χ4v) is 2.36. The van der Waals surface area contributed by atoms with Crippen LogP contribution in [-0.2, 0) is 16.1 Å². The molecule has 0 unspecified atom stereocenters. The normalized spacial score (nSPS) is 9.95. The van der Waals surface area contributed by atoms with E-state index < -0.39 is 5.97 Å². The van der Waals surface area contributed by atoms with Crippen LogP contribution in [-0.4, -0.2) is 25.5 Å². The van der Waals surface area contributed by atoms with Gasteiger partial charge < -0.3 is 15.4 Å². The van der Waals surface area contributed by atoms with E-state index >= 15 is 0 Å². The van der Waals surface area contributed by atoms with E-state index in [1.807, 2.05) is 17.5 Å². The molecule has 2 aromatic rings. The molecule has 2 N–H and O–H groups in total. The maximum absolute atomic E-state index is 11.7. The van der Waals surface area contributed by atoms with Gasteiger partial charge >= 0.3 is 5.97 Å². The van der Waals surface area contributed by atoms with Gasteiger partial charge in [-0.2, -0.15) is 0 Å². The SMILES string of the molecule is COC(=O)c1cccc(NCC(=O)NCc2cccs2)c1. The van der Waals surface area contributed by atoms with Crippen LogP contribution < -0.4 is 10.6 Å². The van der Waals surface area contributed by atoms with Gasteiger partial charge in [-0.15, -0.1) is 11.3 Å². The number of carbonyl (C=O) groups excluding carboxylic acids is 2. The first-order valence-electron chi connectivity index (χ1n) is 6.40. The number of hydrogen-bond acceptors (Lipinski definition) is 5. The summed E-state index contributed by atoms with van der Waals surface area (Å²) in [6.45, 7) is 0.677. The van der Waals surface area contributed by atoms with Gasteiger partial charge in [-0.05, 0) is 29.6 Å². The standard InChI is InChI=1S/C15H16N2O3S/c1-20-15(19)11-4-2-5-12(8-11)16-10-14(18)17-9-13-6-3-7-21-13/h2-8,16H,9-10H2,1H3,(H,17,18). The van der Waals surface area contributed by atoms with Crippen LogP contribution in [0, 0.1) is 0 Å². The average Bonchev–Trinajstić information content (AvgIpc) is 3.04. The summed E-state index contributed by atoms with van der Waals surface area (Å²) in [5.74, 6) is -0.507. The van der Waals surface area contributed by atoms with Crippen LogP contribution in [0.1, 0.15) is 15.2 Å². The number of hydrogen-bond donors (Lipinski definition) is 2. The molecular weight excluding hydrogens is 288 g/mol. The highest BCUT2D eigenvalue weighted by molar-refractivity contribution is 7.09. The first kappa shape index (κ1) is 15.1. The van der Waals surface area contributed by atoms with E-state index in [9.17, 15) is 9.59 Å². The van der Waals surface area contributed by atoms with Gasteiger partial charge in [0.05, 0.1) is 25.8 Å². The number of esters is 1. The summed E-state index contributed by atoms with van der Waals surface area (Å²) in [5.41, 5.74) is 1.14. The minimum atomic E-state index is -0.402. The number of nitrogens with one attached hydrogen (secondary N) is 2. The molecule has 6 heteroatoms. The van der Waals surface area contributed by atoms with Crippen LogP contribution >= 0.6 is 11.3 Å². The molecule has 0 aliphatic carbocycles. The molecule has 0 spiro atoms. The Morgan fingerprint density at radius 2 is 2.10 bits per heavy atom. The first-order chi connectivity index (χ1) is 10.2. The number of thiophene rings is 1. The maximum atomic E-state index is 11.7. The molecule has 1 heterocycles. The molecule has 21 heavy (non-hydrogen) atoms. The highest BCUT2D eigenvalue weighted by atomic mass is 32.1. The lowest BCUT2D eigenvalue weighted by molar-refractivity contribution is -0.119. The fraction of sp³-hybridized carbons (Fsp3) is 0.200. The summed E-state index contributed by atoms with van der Waals surface area (Å²) in [7, 11) is 1.33. The van der Waals surface area contributed by atoms with Crippen molar-refractivity contribution in [2.75, 3.05) is 19.0 Å². The first-order valence-corrected chi connectivity index (χ1v) is 7.28. The summed E-state index contributed by atoms with van der Waals surface area (Å²) in [6, 6.07) is 10.8. The van der Waals surface area contributed by atoms with Crippen LogP contribution in [0.3, 0.4) is 0 Å². The molecule has 0 aliphatic heterocycles. The second-order valence-corrected chi connectivity index (χ2v) is 5.31. The number of rotatable bonds is 6. The van der Waals surface area contributed by atoms with Crippen molar-refractivity contribution in [3.05, 3.63) is 52.2 Å². The minimum absolute atomic E-state index is 0.105. The monoisotopic (exact) mass is 304 g/mol. The molecule has 2 rings (SSSR count). The van der Waals surface area contributed by atoms with Gasteiger partial charge in [-0.1, -0.05) is 12.1 Å². The van der Waals surface area contributed by atoms with E-state index in [-0.39, 0.29) is 12.5 Å². The lowest BCUT2D eigenvalue weighted by Gasteiger charge is -2.08. The number of methoxy groups -OCH3 is 1. The van der Waals surface area contributed by atoms with Crippen molar-refractivity contribution in [1.82, 2.24) is 5.32 Å². The van der Waals surface area contributed by atoms with E-state index in [0.29, 0.717) is 17.8 Å². The Hall–Kier alpha value is -2.34. The minimum Gasteiger partial charge on any atom is -0.465 e. The molecule has 0 atom stereocenters. The summed E-state index contributed by atoms with van der Waals surface area (Å²) in [5, 5.41) is 7.77. The zero-order valence-corrected chi connectivity index (χ0v) is 12.4.